The summed E-state index contributed by atoms with van der Waals surface area (Å²) < 4.78 is 27.7. The first-order valence-corrected chi connectivity index (χ1v) is 6.36. The molecule has 0 amide bonds. The Morgan fingerprint density at radius 1 is 1.06 bits per heavy atom. The van der Waals surface area contributed by atoms with Crippen molar-refractivity contribution in [3.05, 3.63) is 63.1 Å². The van der Waals surface area contributed by atoms with Gasteiger partial charge in [0, 0.05) is 21.6 Å². The molecule has 0 bridgehead atoms. The molecule has 94 valence electrons. The number of anilines is 1. The Morgan fingerprint density at radius 2 is 1.78 bits per heavy atom. The van der Waals surface area contributed by atoms with E-state index in [-0.39, 0.29) is 18.0 Å². The minimum Gasteiger partial charge on any atom is -0.378 e. The van der Waals surface area contributed by atoms with Gasteiger partial charge in [0.15, 0.2) is 0 Å². The summed E-state index contributed by atoms with van der Waals surface area (Å²) in [5, 5.41) is 3.24. The summed E-state index contributed by atoms with van der Waals surface area (Å²) in [6.45, 7) is 0.183. The quantitative estimate of drug-likeness (QED) is 0.834. The van der Waals surface area contributed by atoms with Crippen LogP contribution in [0, 0.1) is 11.6 Å². The molecule has 0 spiro atoms. The summed E-state index contributed by atoms with van der Waals surface area (Å²) in [6, 6.07) is 8.80. The van der Waals surface area contributed by atoms with Crippen molar-refractivity contribution in [2.24, 2.45) is 0 Å². The van der Waals surface area contributed by atoms with E-state index in [2.05, 4.69) is 21.2 Å². The minimum atomic E-state index is -0.421. The normalized spacial score (nSPS) is 10.4. The van der Waals surface area contributed by atoms with Gasteiger partial charge in [-0.25, -0.2) is 8.78 Å². The number of rotatable bonds is 3. The number of hydrogen-bond donors (Lipinski definition) is 1. The van der Waals surface area contributed by atoms with Crippen molar-refractivity contribution < 1.29 is 8.78 Å². The smallest absolute Gasteiger partial charge is 0.146 e. The summed E-state index contributed by atoms with van der Waals surface area (Å²) in [5.74, 6) is -0.761. The Labute approximate surface area is 117 Å². The van der Waals surface area contributed by atoms with Crippen LogP contribution in [0.3, 0.4) is 0 Å². The lowest BCUT2D eigenvalue weighted by atomic mass is 10.2. The molecule has 0 aromatic heterocycles. The largest absolute Gasteiger partial charge is 0.378 e. The van der Waals surface area contributed by atoms with E-state index in [1.807, 2.05) is 0 Å². The molecule has 0 aliphatic heterocycles. The van der Waals surface area contributed by atoms with E-state index >= 15 is 0 Å². The molecule has 18 heavy (non-hydrogen) atoms. The standard InChI is InChI=1S/C13H9BrClF2N/c14-9-1-3-11(16)8(5-9)7-18-13-6-10(15)2-4-12(13)17/h1-6,18H,7H2. The van der Waals surface area contributed by atoms with E-state index in [1.54, 1.807) is 12.1 Å². The van der Waals surface area contributed by atoms with Gasteiger partial charge in [0.1, 0.15) is 11.6 Å². The topological polar surface area (TPSA) is 12.0 Å². The van der Waals surface area contributed by atoms with Crippen molar-refractivity contribution in [3.63, 3.8) is 0 Å². The van der Waals surface area contributed by atoms with Gasteiger partial charge in [-0.3, -0.25) is 0 Å². The van der Waals surface area contributed by atoms with E-state index in [1.165, 1.54) is 24.3 Å². The highest BCUT2D eigenvalue weighted by molar-refractivity contribution is 9.10. The Morgan fingerprint density at radius 3 is 2.56 bits per heavy atom. The highest BCUT2D eigenvalue weighted by atomic mass is 79.9. The van der Waals surface area contributed by atoms with Gasteiger partial charge in [-0.1, -0.05) is 27.5 Å². The first-order valence-electron chi connectivity index (χ1n) is 5.19. The fraction of sp³-hybridized carbons (Fsp3) is 0.0769. The van der Waals surface area contributed by atoms with Crippen molar-refractivity contribution in [2.75, 3.05) is 5.32 Å². The van der Waals surface area contributed by atoms with Crippen LogP contribution in [-0.4, -0.2) is 0 Å². The third kappa shape index (κ3) is 3.21. The van der Waals surface area contributed by atoms with Crippen molar-refractivity contribution in [3.8, 4) is 0 Å². The van der Waals surface area contributed by atoms with Crippen LogP contribution in [0.4, 0.5) is 14.5 Å². The van der Waals surface area contributed by atoms with Crippen LogP contribution in [0.25, 0.3) is 0 Å². The summed E-state index contributed by atoms with van der Waals surface area (Å²) in [4.78, 5) is 0. The molecule has 0 fully saturated rings. The molecule has 5 heteroatoms. The molecule has 0 aliphatic rings. The van der Waals surface area contributed by atoms with Gasteiger partial charge < -0.3 is 5.32 Å². The second kappa shape index (κ2) is 5.67. The Hall–Kier alpha value is -1.13. The molecule has 2 rings (SSSR count). The molecule has 0 saturated heterocycles. The van der Waals surface area contributed by atoms with Crippen molar-refractivity contribution in [2.45, 2.75) is 6.54 Å². The molecule has 0 unspecified atom stereocenters. The highest BCUT2D eigenvalue weighted by Crippen LogP contribution is 2.21. The molecule has 0 radical (unpaired) electrons. The Kier molecular flexibility index (Phi) is 4.19. The van der Waals surface area contributed by atoms with Crippen LogP contribution < -0.4 is 5.32 Å². The number of halogens is 4. The predicted octanol–water partition coefficient (Wildman–Crippen LogP) is 4.99. The van der Waals surface area contributed by atoms with Crippen LogP contribution in [0.2, 0.25) is 5.02 Å². The minimum absolute atomic E-state index is 0.183. The van der Waals surface area contributed by atoms with Crippen LogP contribution in [0.15, 0.2) is 40.9 Å². The fourth-order valence-corrected chi connectivity index (χ4v) is 2.08. The SMILES string of the molecule is Fc1ccc(Br)cc1CNc1cc(Cl)ccc1F. The zero-order valence-electron chi connectivity index (χ0n) is 9.18. The predicted molar refractivity (Wildman–Crippen MR) is 72.8 cm³/mol. The monoisotopic (exact) mass is 331 g/mol. The molecular formula is C13H9BrClF2N. The van der Waals surface area contributed by atoms with Gasteiger partial charge in [-0.2, -0.15) is 0 Å². The Bertz CT molecular complexity index is 523. The number of benzene rings is 2. The van der Waals surface area contributed by atoms with Gasteiger partial charge >= 0.3 is 0 Å². The van der Waals surface area contributed by atoms with Gasteiger partial charge in [0.2, 0.25) is 0 Å². The average molecular weight is 333 g/mol. The molecule has 2 aromatic carbocycles. The summed E-state index contributed by atoms with van der Waals surface area (Å²) >= 11 is 9.03. The van der Waals surface area contributed by atoms with E-state index in [0.717, 1.165) is 4.47 Å². The zero-order chi connectivity index (χ0) is 13.1. The molecule has 1 N–H and O–H groups in total. The summed E-state index contributed by atoms with van der Waals surface area (Å²) in [7, 11) is 0. The van der Waals surface area contributed by atoms with Crippen molar-refractivity contribution in [1.29, 1.82) is 0 Å². The van der Waals surface area contributed by atoms with E-state index in [9.17, 15) is 8.78 Å². The zero-order valence-corrected chi connectivity index (χ0v) is 11.5. The third-order valence-electron chi connectivity index (χ3n) is 2.41. The average Bonchev–Trinajstić information content (AvgIpc) is 2.34. The second-order valence-electron chi connectivity index (χ2n) is 3.71. The lowest BCUT2D eigenvalue weighted by molar-refractivity contribution is 0.610. The second-order valence-corrected chi connectivity index (χ2v) is 5.07. The molecule has 0 heterocycles. The van der Waals surface area contributed by atoms with Crippen LogP contribution in [0.1, 0.15) is 5.56 Å². The van der Waals surface area contributed by atoms with Crippen LogP contribution in [-0.2, 0) is 6.54 Å². The lowest BCUT2D eigenvalue weighted by Gasteiger charge is -2.09. The molecule has 2 aromatic rings. The van der Waals surface area contributed by atoms with E-state index in [4.69, 9.17) is 11.6 Å². The first kappa shape index (κ1) is 13.3. The maximum Gasteiger partial charge on any atom is 0.146 e. The molecule has 0 aliphatic carbocycles. The highest BCUT2D eigenvalue weighted by Gasteiger charge is 2.06. The number of nitrogens with one attached hydrogen (secondary N) is 1. The van der Waals surface area contributed by atoms with E-state index in [0.29, 0.717) is 10.6 Å². The third-order valence-corrected chi connectivity index (χ3v) is 3.13. The maximum atomic E-state index is 13.5. The summed E-state index contributed by atoms with van der Waals surface area (Å²) in [6.07, 6.45) is 0. The molecule has 0 atom stereocenters. The van der Waals surface area contributed by atoms with Gasteiger partial charge in [0.25, 0.3) is 0 Å². The summed E-state index contributed by atoms with van der Waals surface area (Å²) in [5.41, 5.74) is 0.700. The molecule has 1 nitrogen and oxygen atoms in total. The maximum absolute atomic E-state index is 13.5. The number of hydrogen-bond acceptors (Lipinski definition) is 1. The van der Waals surface area contributed by atoms with Gasteiger partial charge in [-0.05, 0) is 36.4 Å². The van der Waals surface area contributed by atoms with Crippen LogP contribution in [0.5, 0.6) is 0 Å². The molecular weight excluding hydrogens is 324 g/mol. The van der Waals surface area contributed by atoms with Crippen molar-refractivity contribution in [1.82, 2.24) is 0 Å². The van der Waals surface area contributed by atoms with Gasteiger partial charge in [0.05, 0.1) is 5.69 Å². The fourth-order valence-electron chi connectivity index (χ4n) is 1.50. The van der Waals surface area contributed by atoms with Crippen LogP contribution >= 0.6 is 27.5 Å². The Balaban J connectivity index is 2.16. The molecule has 0 saturated carbocycles. The van der Waals surface area contributed by atoms with Gasteiger partial charge in [-0.15, -0.1) is 0 Å². The lowest BCUT2D eigenvalue weighted by Crippen LogP contribution is -2.03. The first-order chi connectivity index (χ1) is 8.56. The van der Waals surface area contributed by atoms with E-state index < -0.39 is 5.82 Å². The van der Waals surface area contributed by atoms with Crippen molar-refractivity contribution >= 4 is 33.2 Å².